The molecule has 2 heterocycles. The second-order valence-corrected chi connectivity index (χ2v) is 13.9. The van der Waals surface area contributed by atoms with Crippen LogP contribution in [0.4, 0.5) is 24.5 Å². The van der Waals surface area contributed by atoms with Crippen molar-refractivity contribution in [2.45, 2.75) is 32.9 Å². The van der Waals surface area contributed by atoms with Crippen molar-refractivity contribution < 1.29 is 36.2 Å². The number of nitrogens with one attached hydrogen (secondary N) is 1. The normalized spacial score (nSPS) is 18.3. The van der Waals surface area contributed by atoms with Crippen molar-refractivity contribution in [3.63, 3.8) is 0 Å². The van der Waals surface area contributed by atoms with Crippen LogP contribution in [0.5, 0.6) is 11.5 Å². The minimum Gasteiger partial charge on any atom is -0.506 e. The molecule has 0 spiro atoms. The van der Waals surface area contributed by atoms with Crippen molar-refractivity contribution >= 4 is 27.1 Å². The SMILES string of the molecule is CC1(C)CC2=C(C(c3ccc(OCc4ccccc4)cc3F)N(C(=O)c3cc(F)ccc3F)c3cccc(O)c3N2)S(=O)(=O)C1. The third-order valence-electron chi connectivity index (χ3n) is 7.82. The number of carbonyl (C=O) groups is 1. The van der Waals surface area contributed by atoms with E-state index in [9.17, 15) is 22.7 Å². The molecule has 0 aliphatic carbocycles. The Morgan fingerprint density at radius 3 is 2.47 bits per heavy atom. The molecule has 232 valence electrons. The highest BCUT2D eigenvalue weighted by molar-refractivity contribution is 7.95. The van der Waals surface area contributed by atoms with E-state index < -0.39 is 50.2 Å². The van der Waals surface area contributed by atoms with E-state index >= 15 is 8.78 Å². The second kappa shape index (κ2) is 11.3. The number of rotatable bonds is 5. The van der Waals surface area contributed by atoms with Gasteiger partial charge in [0.2, 0.25) is 0 Å². The summed E-state index contributed by atoms with van der Waals surface area (Å²) in [6.07, 6.45) is 0.169. The molecule has 7 nitrogen and oxygen atoms in total. The van der Waals surface area contributed by atoms with Crippen molar-refractivity contribution in [2.24, 2.45) is 5.41 Å². The number of phenolic OH excluding ortho intramolecular Hbond substituents is 1. The summed E-state index contributed by atoms with van der Waals surface area (Å²) in [5.41, 5.74) is -0.781. The van der Waals surface area contributed by atoms with Crippen LogP contribution < -0.4 is 15.0 Å². The molecular formula is C34H29F3N2O5S. The summed E-state index contributed by atoms with van der Waals surface area (Å²) >= 11 is 0. The molecule has 2 aliphatic rings. The molecule has 45 heavy (non-hydrogen) atoms. The van der Waals surface area contributed by atoms with Crippen LogP contribution in [0, 0.1) is 22.9 Å². The minimum absolute atomic E-state index is 0.0335. The number of carbonyl (C=O) groups excluding carboxylic acids is 1. The van der Waals surface area contributed by atoms with Crippen molar-refractivity contribution in [3.8, 4) is 11.5 Å². The number of hydrogen-bond acceptors (Lipinski definition) is 6. The van der Waals surface area contributed by atoms with Gasteiger partial charge in [0.05, 0.1) is 21.9 Å². The van der Waals surface area contributed by atoms with Gasteiger partial charge < -0.3 is 15.2 Å². The van der Waals surface area contributed by atoms with Gasteiger partial charge in [0, 0.05) is 17.3 Å². The largest absolute Gasteiger partial charge is 0.506 e. The number of nitrogens with zero attached hydrogens (tertiary/aromatic N) is 1. The number of phenols is 1. The zero-order chi connectivity index (χ0) is 32.1. The highest BCUT2D eigenvalue weighted by Gasteiger charge is 2.48. The van der Waals surface area contributed by atoms with E-state index in [1.165, 1.54) is 30.3 Å². The minimum atomic E-state index is -4.21. The Morgan fingerprint density at radius 1 is 0.978 bits per heavy atom. The van der Waals surface area contributed by atoms with Crippen molar-refractivity contribution in [3.05, 3.63) is 130 Å². The van der Waals surface area contributed by atoms with Gasteiger partial charge in [-0.25, -0.2) is 21.6 Å². The zero-order valence-corrected chi connectivity index (χ0v) is 25.2. The molecule has 2 N–H and O–H groups in total. The third-order valence-corrected chi connectivity index (χ3v) is 10.1. The van der Waals surface area contributed by atoms with Gasteiger partial charge in [0.1, 0.15) is 47.3 Å². The summed E-state index contributed by atoms with van der Waals surface area (Å²) in [5.74, 6) is -4.49. The van der Waals surface area contributed by atoms with Gasteiger partial charge in [0.15, 0.2) is 9.84 Å². The number of amides is 1. The summed E-state index contributed by atoms with van der Waals surface area (Å²) in [6.45, 7) is 3.65. The Kier molecular flexibility index (Phi) is 7.60. The maximum Gasteiger partial charge on any atom is 0.262 e. The smallest absolute Gasteiger partial charge is 0.262 e. The quantitative estimate of drug-likeness (QED) is 0.225. The standard InChI is InChI=1S/C34H29F3N2O5S/c1-34(2)17-27-32(45(42,43)19-34)31(23-13-12-22(16-26(23)37)44-18-20-7-4-3-5-8-20)39(28-9-6-10-29(40)30(28)38-27)33(41)24-15-21(35)11-14-25(24)36/h3-16,31,38,40H,17-19H2,1-2H3. The number of sulfone groups is 1. The average molecular weight is 635 g/mol. The Balaban J connectivity index is 1.58. The Bertz CT molecular complexity index is 1960. The molecule has 0 fully saturated rings. The lowest BCUT2D eigenvalue weighted by molar-refractivity contribution is 0.0976. The van der Waals surface area contributed by atoms with Crippen LogP contribution in [0.25, 0.3) is 0 Å². The number of fused-ring (bicyclic) bond motifs is 1. The highest BCUT2D eigenvalue weighted by atomic mass is 32.2. The Labute approximate surface area is 258 Å². The lowest BCUT2D eigenvalue weighted by Crippen LogP contribution is -2.41. The molecule has 1 amide bonds. The Morgan fingerprint density at radius 2 is 1.73 bits per heavy atom. The number of hydrogen-bond donors (Lipinski definition) is 2. The van der Waals surface area contributed by atoms with Gasteiger partial charge in [-0.1, -0.05) is 50.2 Å². The summed E-state index contributed by atoms with van der Waals surface area (Å²) in [5, 5.41) is 13.9. The molecule has 0 bridgehead atoms. The zero-order valence-electron chi connectivity index (χ0n) is 24.4. The molecule has 0 radical (unpaired) electrons. The molecule has 0 saturated carbocycles. The summed E-state index contributed by atoms with van der Waals surface area (Å²) in [7, 11) is -4.21. The van der Waals surface area contributed by atoms with Crippen LogP contribution >= 0.6 is 0 Å². The lowest BCUT2D eigenvalue weighted by atomic mass is 9.88. The monoisotopic (exact) mass is 634 g/mol. The van der Waals surface area contributed by atoms with Crippen LogP contribution in [0.15, 0.2) is 95.5 Å². The number of anilines is 2. The van der Waals surface area contributed by atoms with E-state index in [0.29, 0.717) is 6.07 Å². The molecule has 1 atom stereocenters. The number of halogens is 3. The van der Waals surface area contributed by atoms with Gasteiger partial charge in [-0.05, 0) is 59.9 Å². The second-order valence-electron chi connectivity index (χ2n) is 11.9. The lowest BCUT2D eigenvalue weighted by Gasteiger charge is -2.37. The predicted molar refractivity (Wildman–Crippen MR) is 164 cm³/mol. The fraction of sp³-hybridized carbons (Fsp3) is 0.206. The van der Waals surface area contributed by atoms with Gasteiger partial charge >= 0.3 is 0 Å². The van der Waals surface area contributed by atoms with Crippen LogP contribution in [0.2, 0.25) is 0 Å². The summed E-state index contributed by atoms with van der Waals surface area (Å²) < 4.78 is 79.7. The van der Waals surface area contributed by atoms with E-state index in [0.717, 1.165) is 28.7 Å². The number of para-hydroxylation sites is 1. The van der Waals surface area contributed by atoms with Gasteiger partial charge in [-0.15, -0.1) is 0 Å². The first-order valence-corrected chi connectivity index (χ1v) is 15.8. The maximum absolute atomic E-state index is 16.3. The van der Waals surface area contributed by atoms with Crippen molar-refractivity contribution in [2.75, 3.05) is 16.0 Å². The van der Waals surface area contributed by atoms with Crippen LogP contribution in [-0.2, 0) is 16.4 Å². The van der Waals surface area contributed by atoms with E-state index in [4.69, 9.17) is 4.74 Å². The van der Waals surface area contributed by atoms with Gasteiger partial charge in [-0.3, -0.25) is 9.69 Å². The van der Waals surface area contributed by atoms with Crippen LogP contribution in [-0.4, -0.2) is 25.2 Å². The molecule has 6 rings (SSSR count). The fourth-order valence-corrected chi connectivity index (χ4v) is 8.32. The number of allylic oxidation sites excluding steroid dienone is 1. The van der Waals surface area contributed by atoms with Crippen molar-refractivity contribution in [1.82, 2.24) is 0 Å². The summed E-state index contributed by atoms with van der Waals surface area (Å²) in [6, 6.07) is 17.9. The third kappa shape index (κ3) is 5.75. The van der Waals surface area contributed by atoms with E-state index in [2.05, 4.69) is 5.32 Å². The topological polar surface area (TPSA) is 95.9 Å². The molecular weight excluding hydrogens is 605 g/mol. The highest BCUT2D eigenvalue weighted by Crippen LogP contribution is 2.52. The first-order valence-electron chi connectivity index (χ1n) is 14.1. The van der Waals surface area contributed by atoms with E-state index in [1.54, 1.807) is 13.8 Å². The van der Waals surface area contributed by atoms with E-state index in [1.807, 2.05) is 30.3 Å². The van der Waals surface area contributed by atoms with Crippen LogP contribution in [0.1, 0.15) is 47.8 Å². The average Bonchev–Trinajstić information content (AvgIpc) is 3.12. The molecule has 4 aromatic rings. The fourth-order valence-electron chi connectivity index (χ4n) is 5.96. The maximum atomic E-state index is 16.3. The molecule has 11 heteroatoms. The predicted octanol–water partition coefficient (Wildman–Crippen LogP) is 7.26. The first-order chi connectivity index (χ1) is 21.3. The number of aromatic hydroxyl groups is 1. The molecule has 1 unspecified atom stereocenters. The molecule has 4 aromatic carbocycles. The molecule has 2 aliphatic heterocycles. The summed E-state index contributed by atoms with van der Waals surface area (Å²) in [4.78, 5) is 14.9. The van der Waals surface area contributed by atoms with Crippen molar-refractivity contribution in [1.29, 1.82) is 0 Å². The molecule has 0 aromatic heterocycles. The first kappa shape index (κ1) is 30.3. The van der Waals surface area contributed by atoms with E-state index in [-0.39, 0.29) is 57.8 Å². The molecule has 0 saturated heterocycles. The number of ether oxygens (including phenoxy) is 1. The Hall–Kier alpha value is -4.77. The van der Waals surface area contributed by atoms with Crippen LogP contribution in [0.3, 0.4) is 0 Å². The number of benzene rings is 4. The van der Waals surface area contributed by atoms with Gasteiger partial charge in [-0.2, -0.15) is 0 Å². The van der Waals surface area contributed by atoms with Gasteiger partial charge in [0.25, 0.3) is 5.91 Å².